The van der Waals surface area contributed by atoms with E-state index in [1.54, 1.807) is 0 Å². The van der Waals surface area contributed by atoms with E-state index in [1.807, 2.05) is 0 Å². The molecule has 0 saturated carbocycles. The monoisotopic (exact) mass is 302 g/mol. The minimum Gasteiger partial charge on any atom is -0.546 e. The molecule has 118 valence electrons. The lowest BCUT2D eigenvalue weighted by molar-refractivity contribution is -0.318. The zero-order valence-electron chi connectivity index (χ0n) is 11.7. The normalized spacial score (nSPS) is 17.5. The van der Waals surface area contributed by atoms with Gasteiger partial charge in [0.05, 0.1) is 19.2 Å². The maximum Gasteiger partial charge on any atom is 0.303 e. The molecule has 1 heterocycles. The van der Waals surface area contributed by atoms with Crippen molar-refractivity contribution in [3.63, 3.8) is 0 Å². The maximum atomic E-state index is 12.3. The van der Waals surface area contributed by atoms with E-state index in [9.17, 15) is 24.3 Å². The number of amides is 1. The van der Waals surface area contributed by atoms with Gasteiger partial charge in [-0.15, -0.1) is 0 Å². The predicted molar refractivity (Wildman–Crippen MR) is 63.5 cm³/mol. The van der Waals surface area contributed by atoms with Gasteiger partial charge in [0.1, 0.15) is 0 Å². The van der Waals surface area contributed by atoms with Gasteiger partial charge < -0.3 is 29.0 Å². The first-order valence-corrected chi connectivity index (χ1v) is 6.24. The molecule has 9 nitrogen and oxygen atoms in total. The van der Waals surface area contributed by atoms with E-state index in [0.717, 1.165) is 13.8 Å². The molecular weight excluding hydrogens is 286 g/mol. The molecule has 0 bridgehead atoms. The highest BCUT2D eigenvalue weighted by molar-refractivity contribution is 5.90. The van der Waals surface area contributed by atoms with Crippen LogP contribution in [0.15, 0.2) is 0 Å². The Balaban J connectivity index is 2.94. The van der Waals surface area contributed by atoms with Crippen LogP contribution in [0.4, 0.5) is 0 Å². The number of ether oxygens (including phenoxy) is 3. The highest BCUT2D eigenvalue weighted by atomic mass is 16.6. The van der Waals surface area contributed by atoms with Gasteiger partial charge in [-0.25, -0.2) is 0 Å². The van der Waals surface area contributed by atoms with Gasteiger partial charge in [-0.05, 0) is 0 Å². The second kappa shape index (κ2) is 7.58. The Morgan fingerprint density at radius 2 is 1.48 bits per heavy atom. The van der Waals surface area contributed by atoms with Gasteiger partial charge in [-0.2, -0.15) is 0 Å². The summed E-state index contributed by atoms with van der Waals surface area (Å²) in [4.78, 5) is 46.6. The number of aliphatic carboxylic acids is 1. The molecule has 0 unspecified atom stereocenters. The number of carbonyl (C=O) groups is 4. The molecule has 1 aliphatic rings. The molecule has 0 aromatic heterocycles. The van der Waals surface area contributed by atoms with E-state index in [0.29, 0.717) is 0 Å². The third kappa shape index (κ3) is 5.03. The van der Waals surface area contributed by atoms with Crippen molar-refractivity contribution in [3.8, 4) is 0 Å². The Hall–Kier alpha value is -2.16. The topological polar surface area (TPSA) is 122 Å². The largest absolute Gasteiger partial charge is 0.546 e. The zero-order valence-corrected chi connectivity index (χ0v) is 11.7. The quantitative estimate of drug-likeness (QED) is 0.509. The summed E-state index contributed by atoms with van der Waals surface area (Å²) in [7, 11) is 0. The second-order valence-electron chi connectivity index (χ2n) is 4.32. The number of hydrogen-bond donors (Lipinski definition) is 0. The summed E-state index contributed by atoms with van der Waals surface area (Å²) in [5.74, 6) is -4.40. The van der Waals surface area contributed by atoms with Crippen molar-refractivity contribution in [1.82, 2.24) is 4.90 Å². The van der Waals surface area contributed by atoms with Crippen LogP contribution in [0.25, 0.3) is 0 Å². The van der Waals surface area contributed by atoms with Gasteiger partial charge in [0.2, 0.25) is 6.10 Å². The standard InChI is InChI=1S/C12H17NO8/c1-7(14)20-9(10(12(17)18)21-8(2)15)11(16)13-3-5-19-6-4-13/h9-10H,3-6H2,1-2H3,(H,17,18)/p-1/t9-,10-/m0/s1. The highest BCUT2D eigenvalue weighted by Crippen LogP contribution is 2.11. The zero-order chi connectivity index (χ0) is 16.0. The van der Waals surface area contributed by atoms with Crippen molar-refractivity contribution in [2.45, 2.75) is 26.1 Å². The van der Waals surface area contributed by atoms with Gasteiger partial charge in [0.15, 0.2) is 6.10 Å². The summed E-state index contributed by atoms with van der Waals surface area (Å²) in [5.41, 5.74) is 0. The summed E-state index contributed by atoms with van der Waals surface area (Å²) >= 11 is 0. The molecule has 0 aromatic carbocycles. The first-order valence-electron chi connectivity index (χ1n) is 6.24. The summed E-state index contributed by atoms with van der Waals surface area (Å²) in [5, 5.41) is 11.1. The molecule has 2 atom stereocenters. The molecule has 1 saturated heterocycles. The van der Waals surface area contributed by atoms with Crippen LogP contribution in [0.3, 0.4) is 0 Å². The molecule has 9 heteroatoms. The van der Waals surface area contributed by atoms with Crippen LogP contribution in [-0.4, -0.2) is 67.2 Å². The van der Waals surface area contributed by atoms with Crippen LogP contribution in [-0.2, 0) is 33.4 Å². The summed E-state index contributed by atoms with van der Waals surface area (Å²) in [6, 6.07) is 0. The molecule has 0 radical (unpaired) electrons. The van der Waals surface area contributed by atoms with E-state index in [-0.39, 0.29) is 26.3 Å². The Labute approximate surface area is 120 Å². The van der Waals surface area contributed by atoms with E-state index in [4.69, 9.17) is 9.47 Å². The number of carboxylic acid groups (broad SMARTS) is 1. The van der Waals surface area contributed by atoms with Crippen LogP contribution in [0, 0.1) is 0 Å². The first-order chi connectivity index (χ1) is 9.82. The fourth-order valence-electron chi connectivity index (χ4n) is 1.80. The number of nitrogens with zero attached hydrogens (tertiary/aromatic N) is 1. The molecule has 21 heavy (non-hydrogen) atoms. The molecule has 1 fully saturated rings. The summed E-state index contributed by atoms with van der Waals surface area (Å²) < 4.78 is 14.3. The molecule has 0 aromatic rings. The minimum atomic E-state index is -2.00. The molecular formula is C12H16NO8-. The van der Waals surface area contributed by atoms with Crippen molar-refractivity contribution in [1.29, 1.82) is 0 Å². The first kappa shape index (κ1) is 16.9. The Morgan fingerprint density at radius 1 is 1.00 bits per heavy atom. The van der Waals surface area contributed by atoms with Crippen LogP contribution in [0.2, 0.25) is 0 Å². The fraction of sp³-hybridized carbons (Fsp3) is 0.667. The Morgan fingerprint density at radius 3 is 1.90 bits per heavy atom. The molecule has 1 amide bonds. The lowest BCUT2D eigenvalue weighted by Gasteiger charge is -2.33. The molecule has 0 N–H and O–H groups in total. The van der Waals surface area contributed by atoms with E-state index in [2.05, 4.69) is 4.74 Å². The van der Waals surface area contributed by atoms with Crippen LogP contribution < -0.4 is 5.11 Å². The molecule has 0 aliphatic carbocycles. The van der Waals surface area contributed by atoms with Gasteiger partial charge in [0.25, 0.3) is 5.91 Å². The summed E-state index contributed by atoms with van der Waals surface area (Å²) in [6.45, 7) is 2.98. The second-order valence-corrected chi connectivity index (χ2v) is 4.32. The van der Waals surface area contributed by atoms with Crippen molar-refractivity contribution in [2.24, 2.45) is 0 Å². The lowest BCUT2D eigenvalue weighted by atomic mass is 10.1. The van der Waals surface area contributed by atoms with Crippen molar-refractivity contribution in [2.75, 3.05) is 26.3 Å². The number of esters is 2. The van der Waals surface area contributed by atoms with E-state index >= 15 is 0 Å². The van der Waals surface area contributed by atoms with Crippen molar-refractivity contribution >= 4 is 23.8 Å². The number of rotatable bonds is 5. The number of carboxylic acids is 1. The van der Waals surface area contributed by atoms with Gasteiger partial charge >= 0.3 is 11.9 Å². The van der Waals surface area contributed by atoms with E-state index in [1.165, 1.54) is 4.90 Å². The SMILES string of the molecule is CC(=O)O[C@H](C(=O)[O-])[C@H](OC(C)=O)C(=O)N1CCOCC1. The fourth-order valence-corrected chi connectivity index (χ4v) is 1.80. The third-order valence-electron chi connectivity index (χ3n) is 2.66. The molecule has 0 spiro atoms. The molecule has 1 rings (SSSR count). The Kier molecular flexibility index (Phi) is 6.10. The maximum absolute atomic E-state index is 12.3. The smallest absolute Gasteiger partial charge is 0.303 e. The molecule has 1 aliphatic heterocycles. The summed E-state index contributed by atoms with van der Waals surface area (Å²) in [6.07, 6.45) is -3.78. The third-order valence-corrected chi connectivity index (χ3v) is 2.66. The van der Waals surface area contributed by atoms with Crippen LogP contribution >= 0.6 is 0 Å². The van der Waals surface area contributed by atoms with Crippen molar-refractivity contribution < 1.29 is 38.5 Å². The van der Waals surface area contributed by atoms with E-state index < -0.39 is 36.0 Å². The minimum absolute atomic E-state index is 0.219. The number of morpholine rings is 1. The average molecular weight is 302 g/mol. The van der Waals surface area contributed by atoms with Crippen LogP contribution in [0.5, 0.6) is 0 Å². The number of hydrogen-bond acceptors (Lipinski definition) is 8. The lowest BCUT2D eigenvalue weighted by Crippen LogP contribution is -2.56. The predicted octanol–water partition coefficient (Wildman–Crippen LogP) is -2.54. The van der Waals surface area contributed by atoms with Gasteiger partial charge in [0, 0.05) is 26.9 Å². The van der Waals surface area contributed by atoms with Gasteiger partial charge in [-0.3, -0.25) is 14.4 Å². The Bertz CT molecular complexity index is 429. The number of carbonyl (C=O) groups excluding carboxylic acids is 4. The highest BCUT2D eigenvalue weighted by Gasteiger charge is 2.38. The van der Waals surface area contributed by atoms with Crippen molar-refractivity contribution in [3.05, 3.63) is 0 Å². The van der Waals surface area contributed by atoms with Gasteiger partial charge in [-0.1, -0.05) is 0 Å². The van der Waals surface area contributed by atoms with Crippen LogP contribution in [0.1, 0.15) is 13.8 Å². The average Bonchev–Trinajstić information content (AvgIpc) is 2.42.